The fraction of sp³-hybridized carbons (Fsp3) is 0.476. The number of ether oxygens (including phenoxy) is 2. The van der Waals surface area contributed by atoms with Crippen molar-refractivity contribution in [2.75, 3.05) is 40.8 Å². The molecule has 3 aromatic carbocycles. The van der Waals surface area contributed by atoms with Crippen molar-refractivity contribution in [1.82, 2.24) is 9.80 Å². The van der Waals surface area contributed by atoms with E-state index in [-0.39, 0.29) is 38.1 Å². The van der Waals surface area contributed by atoms with Gasteiger partial charge in [0.25, 0.3) is 6.43 Å². The van der Waals surface area contributed by atoms with Crippen molar-refractivity contribution in [3.63, 3.8) is 0 Å². The largest absolute Gasteiger partial charge is 0.488 e. The maximum atomic E-state index is 12.4. The number of benzene rings is 3. The number of carboxylic acid groups (broad SMARTS) is 1. The zero-order chi connectivity index (χ0) is 43.8. The van der Waals surface area contributed by atoms with Gasteiger partial charge >= 0.3 is 22.3 Å². The summed E-state index contributed by atoms with van der Waals surface area (Å²) in [6, 6.07) is 27.3. The number of aliphatic hydroxyl groups is 1. The first-order valence-electron chi connectivity index (χ1n) is 19.3. The van der Waals surface area contributed by atoms with Gasteiger partial charge in [-0.2, -0.15) is 8.42 Å². The summed E-state index contributed by atoms with van der Waals surface area (Å²) < 4.78 is 67.5. The molecule has 5 atom stereocenters. The molecule has 3 aliphatic rings. The highest BCUT2D eigenvalue weighted by molar-refractivity contribution is 7.79. The van der Waals surface area contributed by atoms with Gasteiger partial charge in [0.15, 0.2) is 5.54 Å². The van der Waals surface area contributed by atoms with Crippen LogP contribution < -0.4 is 16.2 Å². The number of halogens is 2. The van der Waals surface area contributed by atoms with Crippen molar-refractivity contribution in [2.45, 2.75) is 87.6 Å². The molecule has 6 rings (SSSR count). The minimum atomic E-state index is -4.67. The molecule has 2 bridgehead atoms. The second kappa shape index (κ2) is 23.5. The van der Waals surface area contributed by atoms with Crippen molar-refractivity contribution < 1.29 is 55.6 Å². The maximum absolute atomic E-state index is 12.4. The highest BCUT2D eigenvalue weighted by atomic mass is 32.3. The number of esters is 1. The summed E-state index contributed by atoms with van der Waals surface area (Å²) in [4.78, 5) is 27.3. The number of nitrogens with two attached hydrogens (primary N) is 2. The first-order chi connectivity index (χ1) is 27.9. The van der Waals surface area contributed by atoms with Gasteiger partial charge in [-0.25, -0.2) is 13.6 Å². The van der Waals surface area contributed by atoms with E-state index >= 15 is 0 Å². The summed E-state index contributed by atoms with van der Waals surface area (Å²) in [5.41, 5.74) is 13.4. The number of fused-ring (bicyclic) bond motifs is 4. The van der Waals surface area contributed by atoms with Gasteiger partial charge < -0.3 is 41.0 Å². The van der Waals surface area contributed by atoms with E-state index in [9.17, 15) is 23.5 Å². The molecule has 3 heterocycles. The number of carbonyl (C=O) groups is 2. The molecule has 17 heteroatoms. The maximum Gasteiger partial charge on any atom is 0.394 e. The van der Waals surface area contributed by atoms with E-state index in [2.05, 4.69) is 79.5 Å². The van der Waals surface area contributed by atoms with Crippen molar-refractivity contribution in [2.24, 2.45) is 11.5 Å². The van der Waals surface area contributed by atoms with Gasteiger partial charge in [-0.3, -0.25) is 13.9 Å². The van der Waals surface area contributed by atoms with Crippen LogP contribution in [0.2, 0.25) is 0 Å². The van der Waals surface area contributed by atoms with Gasteiger partial charge in [0, 0.05) is 24.2 Å². The number of hydrogen-bond donors (Lipinski definition) is 6. The van der Waals surface area contributed by atoms with Crippen LogP contribution in [0, 0.1) is 0 Å². The summed E-state index contributed by atoms with van der Waals surface area (Å²) in [6.45, 7) is 1.63. The number of piperidine rings is 1. The molecule has 2 saturated heterocycles. The Morgan fingerprint density at radius 2 is 1.54 bits per heavy atom. The number of hydrogen-bond acceptors (Lipinski definition) is 11. The number of rotatable bonds is 12. The fourth-order valence-corrected chi connectivity index (χ4v) is 7.12. The van der Waals surface area contributed by atoms with Crippen molar-refractivity contribution in [1.29, 1.82) is 0 Å². The van der Waals surface area contributed by atoms with Crippen molar-refractivity contribution >= 4 is 27.9 Å². The van der Waals surface area contributed by atoms with E-state index < -0.39 is 34.3 Å². The summed E-state index contributed by atoms with van der Waals surface area (Å²) in [5.74, 6) is -1.57. The predicted molar refractivity (Wildman–Crippen MR) is 220 cm³/mol. The van der Waals surface area contributed by atoms with Gasteiger partial charge in [-0.15, -0.1) is 0 Å². The fourth-order valence-electron chi connectivity index (χ4n) is 7.12. The second-order valence-electron chi connectivity index (χ2n) is 14.9. The molecule has 2 fully saturated rings. The lowest BCUT2D eigenvalue weighted by Gasteiger charge is -2.36. The van der Waals surface area contributed by atoms with E-state index in [4.69, 9.17) is 43.6 Å². The highest BCUT2D eigenvalue weighted by Crippen LogP contribution is 2.37. The third-order valence-corrected chi connectivity index (χ3v) is 10.4. The first kappa shape index (κ1) is 49.0. The summed E-state index contributed by atoms with van der Waals surface area (Å²) >= 11 is 0. The molecule has 59 heavy (non-hydrogen) atoms. The number of aliphatic hydroxyl groups excluding tert-OH is 1. The van der Waals surface area contributed by atoms with Crippen LogP contribution in [0.3, 0.4) is 0 Å². The summed E-state index contributed by atoms with van der Waals surface area (Å²) in [6.07, 6.45) is 4.43. The van der Waals surface area contributed by atoms with E-state index in [0.717, 1.165) is 37.1 Å². The van der Waals surface area contributed by atoms with E-state index in [1.54, 1.807) is 0 Å². The van der Waals surface area contributed by atoms with Crippen LogP contribution in [0.25, 0.3) is 5.57 Å². The summed E-state index contributed by atoms with van der Waals surface area (Å²) in [7, 11) is 1.72. The van der Waals surface area contributed by atoms with Gasteiger partial charge in [0.1, 0.15) is 24.4 Å². The molecule has 0 saturated carbocycles. The molecular weight excluding hydrogens is 791 g/mol. The van der Waals surface area contributed by atoms with E-state index in [1.165, 1.54) is 35.1 Å². The minimum Gasteiger partial charge on any atom is -0.488 e. The Balaban J connectivity index is 0.000000232. The number of carboxylic acids is 1. The SMILES string of the molecule is CN(C)CCC=C1c2ccccc2COc2ccccc21.CN1[C@@H]2CC[C@H]1C[C@@H](OC(=O)C(CO)c1ccccc1)C2.NCCCC(N)(C(=O)O)C(F)F.O=S(=O)(O)O. The lowest BCUT2D eigenvalue weighted by Crippen LogP contribution is -2.54. The van der Waals surface area contributed by atoms with Gasteiger partial charge in [0.2, 0.25) is 0 Å². The smallest absolute Gasteiger partial charge is 0.394 e. The number of nitrogens with zero attached hydrogens (tertiary/aromatic N) is 2. The van der Waals surface area contributed by atoms with Gasteiger partial charge in [-0.1, -0.05) is 78.9 Å². The number of carbonyl (C=O) groups excluding carboxylic acids is 1. The lowest BCUT2D eigenvalue weighted by molar-refractivity contribution is -0.155. The zero-order valence-corrected chi connectivity index (χ0v) is 34.5. The standard InChI is InChI=1S/C19H21NO.C17H23NO3.C6H12F2N2O2.H2O4S/c1-20(2)13-7-11-17-16-9-4-3-8-15(16)14-21-19-12-6-5-10-18(17)19;1-18-13-7-8-14(18)10-15(9-13)21-17(20)16(11-19)12-5-3-2-4-6-12;7-4(8)6(10,5(11)12)2-1-3-9;1-5(2,3)4/h3-6,8-12H,7,13-14H2,1-2H3;2-6,13-16,19H,7-11H2,1H3;4H,1-3,9-10H2,(H,11,12);(H2,1,2,3,4)/t;13-,14+,15+,16?;;. The first-order valence-corrected chi connectivity index (χ1v) is 20.7. The number of para-hydroxylation sites is 1. The van der Waals surface area contributed by atoms with Crippen LogP contribution in [-0.2, 0) is 31.3 Å². The minimum absolute atomic E-state index is 0.00367. The van der Waals surface area contributed by atoms with Gasteiger partial charge in [-0.05, 0) is 101 Å². The van der Waals surface area contributed by atoms with Crippen LogP contribution in [0.1, 0.15) is 73.1 Å². The van der Waals surface area contributed by atoms with Crippen LogP contribution >= 0.6 is 0 Å². The van der Waals surface area contributed by atoms with Crippen LogP contribution in [-0.4, -0.2) is 120 Å². The molecular formula is C42H58F2N4O10S. The molecule has 0 aromatic heterocycles. The number of aliphatic carboxylic acids is 1. The molecule has 326 valence electrons. The molecule has 0 amide bonds. The monoisotopic (exact) mass is 848 g/mol. The molecule has 14 nitrogen and oxygen atoms in total. The van der Waals surface area contributed by atoms with Crippen molar-refractivity contribution in [3.8, 4) is 5.75 Å². The van der Waals surface area contributed by atoms with Crippen LogP contribution in [0.4, 0.5) is 8.78 Å². The Kier molecular flexibility index (Phi) is 19.5. The molecule has 3 aromatic rings. The average molecular weight is 849 g/mol. The Bertz CT molecular complexity index is 1850. The van der Waals surface area contributed by atoms with Crippen molar-refractivity contribution in [3.05, 3.63) is 107 Å². The molecule has 0 radical (unpaired) electrons. The Hall–Kier alpha value is -4.33. The van der Waals surface area contributed by atoms with Crippen LogP contribution in [0.15, 0.2) is 84.9 Å². The molecule has 0 aliphatic carbocycles. The molecule has 2 unspecified atom stereocenters. The Morgan fingerprint density at radius 3 is 2.08 bits per heavy atom. The number of alkyl halides is 2. The third kappa shape index (κ3) is 15.3. The summed E-state index contributed by atoms with van der Waals surface area (Å²) in [5, 5.41) is 17.9. The Labute approximate surface area is 345 Å². The predicted octanol–water partition coefficient (Wildman–Crippen LogP) is 5.01. The lowest BCUT2D eigenvalue weighted by atomic mass is 9.93. The molecule has 3 aliphatic heterocycles. The van der Waals surface area contributed by atoms with Crippen LogP contribution in [0.5, 0.6) is 5.75 Å². The molecule has 0 spiro atoms. The second-order valence-corrected chi connectivity index (χ2v) is 15.8. The van der Waals surface area contributed by atoms with Gasteiger partial charge in [0.05, 0.1) is 6.61 Å². The normalized spacial score (nSPS) is 20.4. The highest BCUT2D eigenvalue weighted by Gasteiger charge is 2.43. The average Bonchev–Trinajstić information content (AvgIpc) is 3.32. The molecule has 8 N–H and O–H groups in total. The quantitative estimate of drug-likeness (QED) is 0.104. The third-order valence-electron chi connectivity index (χ3n) is 10.4. The topological polar surface area (TPSA) is 226 Å². The van der Waals surface area contributed by atoms with E-state index in [1.807, 2.05) is 36.4 Å². The van der Waals surface area contributed by atoms with E-state index in [0.29, 0.717) is 18.7 Å². The Morgan fingerprint density at radius 1 is 0.983 bits per heavy atom. The zero-order valence-electron chi connectivity index (χ0n) is 33.7.